The number of alkyl halides is 4. The van der Waals surface area contributed by atoms with Crippen LogP contribution in [0.5, 0.6) is 5.75 Å². The number of hydrogen-bond donors (Lipinski definition) is 1. The summed E-state index contributed by atoms with van der Waals surface area (Å²) in [5.41, 5.74) is 5.99. The Kier molecular flexibility index (Phi) is 3.71. The van der Waals surface area contributed by atoms with Crippen molar-refractivity contribution in [2.75, 3.05) is 0 Å². The average Bonchev–Trinajstić information content (AvgIpc) is 2.34. The van der Waals surface area contributed by atoms with E-state index in [1.807, 2.05) is 0 Å². The van der Waals surface area contributed by atoms with Crippen molar-refractivity contribution in [1.82, 2.24) is 0 Å². The molecule has 0 atom stereocenters. The number of hydrogen-bond acceptors (Lipinski definition) is 2. The lowest BCUT2D eigenvalue weighted by atomic mass is 9.76. The number of benzene rings is 1. The highest BCUT2D eigenvalue weighted by molar-refractivity contribution is 5.32. The third kappa shape index (κ3) is 3.37. The van der Waals surface area contributed by atoms with Gasteiger partial charge in [-0.3, -0.25) is 0 Å². The normalized spacial score (nSPS) is 21.4. The Morgan fingerprint density at radius 2 is 1.53 bits per heavy atom. The summed E-state index contributed by atoms with van der Waals surface area (Å²) in [6.45, 7) is -2.88. The van der Waals surface area contributed by atoms with Gasteiger partial charge in [0, 0.05) is 18.4 Å². The quantitative estimate of drug-likeness (QED) is 0.856. The Morgan fingerprint density at radius 1 is 1.00 bits per heavy atom. The van der Waals surface area contributed by atoms with Gasteiger partial charge in [0.1, 0.15) is 5.75 Å². The molecule has 0 bridgehead atoms. The number of ether oxygens (including phenoxy) is 1. The Labute approximate surface area is 108 Å². The summed E-state index contributed by atoms with van der Waals surface area (Å²) in [4.78, 5) is 0. The largest absolute Gasteiger partial charge is 0.435 e. The summed E-state index contributed by atoms with van der Waals surface area (Å²) in [6.07, 6.45) is -0.151. The Balaban J connectivity index is 2.09. The van der Waals surface area contributed by atoms with E-state index in [1.165, 1.54) is 12.1 Å². The molecule has 1 aliphatic carbocycles. The topological polar surface area (TPSA) is 35.2 Å². The first-order valence-electron chi connectivity index (χ1n) is 6.03. The zero-order chi connectivity index (χ0) is 14.1. The third-order valence-electron chi connectivity index (χ3n) is 3.53. The first kappa shape index (κ1) is 14.1. The minimum absolute atomic E-state index is 0.0310. The number of rotatable bonds is 3. The van der Waals surface area contributed by atoms with Gasteiger partial charge >= 0.3 is 6.61 Å². The molecule has 0 radical (unpaired) electrons. The molecular weight excluding hydrogens is 262 g/mol. The molecule has 2 rings (SSSR count). The molecule has 0 amide bonds. The van der Waals surface area contributed by atoms with Crippen molar-refractivity contribution in [3.63, 3.8) is 0 Å². The van der Waals surface area contributed by atoms with Crippen molar-refractivity contribution in [3.8, 4) is 5.75 Å². The van der Waals surface area contributed by atoms with Crippen LogP contribution in [0.4, 0.5) is 17.6 Å². The molecule has 2 nitrogen and oxygen atoms in total. The van der Waals surface area contributed by atoms with Crippen LogP contribution in [-0.2, 0) is 5.54 Å². The van der Waals surface area contributed by atoms with Gasteiger partial charge in [-0.15, -0.1) is 0 Å². The zero-order valence-electron chi connectivity index (χ0n) is 10.2. The lowest BCUT2D eigenvalue weighted by Gasteiger charge is -2.37. The predicted octanol–water partition coefficient (Wildman–Crippen LogP) is 3.65. The molecule has 0 aromatic heterocycles. The van der Waals surface area contributed by atoms with Crippen molar-refractivity contribution >= 4 is 0 Å². The lowest BCUT2D eigenvalue weighted by Crippen LogP contribution is -2.43. The van der Waals surface area contributed by atoms with Crippen LogP contribution in [0.25, 0.3) is 0 Å². The monoisotopic (exact) mass is 277 g/mol. The second-order valence-electron chi connectivity index (χ2n) is 4.91. The van der Waals surface area contributed by atoms with Gasteiger partial charge in [0.15, 0.2) is 0 Å². The van der Waals surface area contributed by atoms with Crippen molar-refractivity contribution in [3.05, 3.63) is 29.8 Å². The first-order valence-corrected chi connectivity index (χ1v) is 6.03. The summed E-state index contributed by atoms with van der Waals surface area (Å²) < 4.78 is 54.5. The maximum atomic E-state index is 13.1. The van der Waals surface area contributed by atoms with Crippen molar-refractivity contribution in [2.45, 2.75) is 43.8 Å². The highest BCUT2D eigenvalue weighted by Gasteiger charge is 2.41. The molecule has 0 heterocycles. The maximum absolute atomic E-state index is 13.1. The van der Waals surface area contributed by atoms with E-state index in [0.717, 1.165) is 0 Å². The maximum Gasteiger partial charge on any atom is 0.387 e. The van der Waals surface area contributed by atoms with Gasteiger partial charge in [-0.2, -0.15) is 8.78 Å². The molecule has 1 aromatic carbocycles. The number of nitrogens with two attached hydrogens (primary N) is 1. The van der Waals surface area contributed by atoms with Crippen LogP contribution in [0.15, 0.2) is 24.3 Å². The molecule has 106 valence electrons. The second kappa shape index (κ2) is 5.00. The van der Waals surface area contributed by atoms with E-state index in [2.05, 4.69) is 4.74 Å². The summed E-state index contributed by atoms with van der Waals surface area (Å²) in [6, 6.07) is 5.87. The van der Waals surface area contributed by atoms with Gasteiger partial charge < -0.3 is 10.5 Å². The summed E-state index contributed by atoms with van der Waals surface area (Å²) in [7, 11) is 0. The van der Waals surface area contributed by atoms with Gasteiger partial charge in [0.2, 0.25) is 5.92 Å². The molecule has 0 unspecified atom stereocenters. The summed E-state index contributed by atoms with van der Waals surface area (Å²) in [5.74, 6) is -2.62. The standard InChI is InChI=1S/C13H15F4NO/c14-11(15)19-10-3-1-9(2-4-10)12(18)5-7-13(16,17)8-6-12/h1-4,11H,5-8,18H2. The van der Waals surface area contributed by atoms with E-state index in [0.29, 0.717) is 5.56 Å². The Hall–Kier alpha value is -1.30. The minimum Gasteiger partial charge on any atom is -0.435 e. The first-order chi connectivity index (χ1) is 8.81. The van der Waals surface area contributed by atoms with Crippen molar-refractivity contribution in [2.24, 2.45) is 5.73 Å². The van der Waals surface area contributed by atoms with Crippen molar-refractivity contribution in [1.29, 1.82) is 0 Å². The molecule has 1 aliphatic rings. The van der Waals surface area contributed by atoms with Crippen LogP contribution in [0, 0.1) is 0 Å². The Morgan fingerprint density at radius 3 is 2.00 bits per heavy atom. The minimum atomic E-state index is -2.88. The molecule has 0 saturated heterocycles. The molecule has 0 aliphatic heterocycles. The van der Waals surface area contributed by atoms with Crippen LogP contribution in [0.2, 0.25) is 0 Å². The van der Waals surface area contributed by atoms with Gasteiger partial charge in [0.25, 0.3) is 0 Å². The van der Waals surface area contributed by atoms with Crippen LogP contribution in [0.3, 0.4) is 0 Å². The lowest BCUT2D eigenvalue weighted by molar-refractivity contribution is -0.0523. The van der Waals surface area contributed by atoms with Crippen LogP contribution >= 0.6 is 0 Å². The fourth-order valence-corrected chi connectivity index (χ4v) is 2.32. The van der Waals surface area contributed by atoms with Crippen molar-refractivity contribution < 1.29 is 22.3 Å². The molecule has 19 heavy (non-hydrogen) atoms. The molecule has 1 fully saturated rings. The van der Waals surface area contributed by atoms with E-state index >= 15 is 0 Å². The number of halogens is 4. The van der Waals surface area contributed by atoms with E-state index < -0.39 is 18.1 Å². The zero-order valence-corrected chi connectivity index (χ0v) is 10.2. The van der Waals surface area contributed by atoms with Gasteiger partial charge in [-0.1, -0.05) is 12.1 Å². The summed E-state index contributed by atoms with van der Waals surface area (Å²) in [5, 5.41) is 0. The van der Waals surface area contributed by atoms with E-state index in [-0.39, 0.29) is 31.4 Å². The van der Waals surface area contributed by atoms with Gasteiger partial charge in [-0.25, -0.2) is 8.78 Å². The second-order valence-corrected chi connectivity index (χ2v) is 4.91. The molecule has 0 spiro atoms. The highest BCUT2D eigenvalue weighted by atomic mass is 19.3. The molecule has 2 N–H and O–H groups in total. The molecule has 1 aromatic rings. The molecule has 6 heteroatoms. The van der Waals surface area contributed by atoms with Crippen LogP contribution in [-0.4, -0.2) is 12.5 Å². The van der Waals surface area contributed by atoms with Gasteiger partial charge in [0.05, 0.1) is 0 Å². The SMILES string of the molecule is NC1(c2ccc(OC(F)F)cc2)CCC(F)(F)CC1. The molecule has 1 saturated carbocycles. The molecular formula is C13H15F4NO. The smallest absolute Gasteiger partial charge is 0.387 e. The average molecular weight is 277 g/mol. The highest BCUT2D eigenvalue weighted by Crippen LogP contribution is 2.42. The Bertz CT molecular complexity index is 423. The summed E-state index contributed by atoms with van der Waals surface area (Å²) >= 11 is 0. The fourth-order valence-electron chi connectivity index (χ4n) is 2.32. The predicted molar refractivity (Wildman–Crippen MR) is 62.4 cm³/mol. The van der Waals surface area contributed by atoms with Crippen LogP contribution < -0.4 is 10.5 Å². The van der Waals surface area contributed by atoms with E-state index in [9.17, 15) is 17.6 Å². The van der Waals surface area contributed by atoms with Crippen LogP contribution in [0.1, 0.15) is 31.2 Å². The van der Waals surface area contributed by atoms with E-state index in [1.54, 1.807) is 12.1 Å². The van der Waals surface area contributed by atoms with E-state index in [4.69, 9.17) is 5.73 Å². The fraction of sp³-hybridized carbons (Fsp3) is 0.538. The third-order valence-corrected chi connectivity index (χ3v) is 3.53. The van der Waals surface area contributed by atoms with Gasteiger partial charge in [-0.05, 0) is 30.5 Å².